The Bertz CT molecular complexity index is 894. The normalized spacial score (nSPS) is 15.5. The monoisotopic (exact) mass is 368 g/mol. The molecule has 7 nitrogen and oxygen atoms in total. The first-order valence-corrected chi connectivity index (χ1v) is 8.75. The Labute approximate surface area is 156 Å². The molecule has 1 N–H and O–H groups in total. The third kappa shape index (κ3) is 4.31. The lowest BCUT2D eigenvalue weighted by molar-refractivity contribution is -0.385. The number of hydrogen-bond acceptors (Lipinski definition) is 5. The molecule has 2 aromatic carbocycles. The van der Waals surface area contributed by atoms with Gasteiger partial charge in [0.15, 0.2) is 6.61 Å². The average molecular weight is 368 g/mol. The van der Waals surface area contributed by atoms with Gasteiger partial charge in [-0.25, -0.2) is 4.79 Å². The van der Waals surface area contributed by atoms with E-state index in [2.05, 4.69) is 11.4 Å². The summed E-state index contributed by atoms with van der Waals surface area (Å²) in [5.41, 5.74) is 2.65. The van der Waals surface area contributed by atoms with E-state index in [1.807, 2.05) is 18.2 Å². The van der Waals surface area contributed by atoms with Gasteiger partial charge < -0.3 is 10.1 Å². The molecule has 1 amide bonds. The summed E-state index contributed by atoms with van der Waals surface area (Å²) in [6.45, 7) is 1.15. The van der Waals surface area contributed by atoms with Crippen LogP contribution in [0.3, 0.4) is 0 Å². The number of aryl methyl sites for hydroxylation is 2. The Morgan fingerprint density at radius 3 is 2.81 bits per heavy atom. The van der Waals surface area contributed by atoms with Crippen LogP contribution in [-0.4, -0.2) is 23.4 Å². The lowest BCUT2D eigenvalue weighted by Crippen LogP contribution is -2.34. The largest absolute Gasteiger partial charge is 0.452 e. The number of benzene rings is 2. The standard InChI is InChI=1S/C20H20N2O5/c1-13-9-10-15(11-18(13)22(25)26)20(24)27-12-19(23)21-17-8-4-6-14-5-2-3-7-16(14)17/h2-3,5,7,9-11,17H,4,6,8,12H2,1H3,(H,21,23)/t17-/m1/s1. The van der Waals surface area contributed by atoms with E-state index in [0.717, 1.165) is 30.9 Å². The fourth-order valence-electron chi connectivity index (χ4n) is 3.29. The molecule has 0 spiro atoms. The summed E-state index contributed by atoms with van der Waals surface area (Å²) in [7, 11) is 0. The molecule has 27 heavy (non-hydrogen) atoms. The molecule has 0 saturated heterocycles. The van der Waals surface area contributed by atoms with Crippen LogP contribution in [0.1, 0.15) is 45.9 Å². The highest BCUT2D eigenvalue weighted by Crippen LogP contribution is 2.29. The molecule has 0 aromatic heterocycles. The van der Waals surface area contributed by atoms with Gasteiger partial charge in [-0.1, -0.05) is 30.3 Å². The van der Waals surface area contributed by atoms with E-state index in [0.29, 0.717) is 5.56 Å². The van der Waals surface area contributed by atoms with Gasteiger partial charge in [0.2, 0.25) is 0 Å². The average Bonchev–Trinajstić information content (AvgIpc) is 2.66. The van der Waals surface area contributed by atoms with Gasteiger partial charge in [0.25, 0.3) is 11.6 Å². The molecule has 1 aliphatic carbocycles. The first-order valence-electron chi connectivity index (χ1n) is 8.75. The van der Waals surface area contributed by atoms with Gasteiger partial charge >= 0.3 is 5.97 Å². The number of carbonyl (C=O) groups is 2. The van der Waals surface area contributed by atoms with Crippen LogP contribution in [0.2, 0.25) is 0 Å². The summed E-state index contributed by atoms with van der Waals surface area (Å²) < 4.78 is 5.02. The number of carbonyl (C=O) groups excluding carboxylic acids is 2. The van der Waals surface area contributed by atoms with Crippen molar-refractivity contribution in [2.24, 2.45) is 0 Å². The SMILES string of the molecule is Cc1ccc(C(=O)OCC(=O)N[C@@H]2CCCc3ccccc32)cc1[N+](=O)[O-]. The number of esters is 1. The molecule has 3 rings (SSSR count). The smallest absolute Gasteiger partial charge is 0.338 e. The number of amides is 1. The first kappa shape index (κ1) is 18.6. The summed E-state index contributed by atoms with van der Waals surface area (Å²) >= 11 is 0. The molecule has 0 saturated carbocycles. The van der Waals surface area contributed by atoms with Crippen LogP contribution in [0.4, 0.5) is 5.69 Å². The van der Waals surface area contributed by atoms with Crippen molar-refractivity contribution in [3.05, 3.63) is 74.8 Å². The van der Waals surface area contributed by atoms with Gasteiger partial charge in [0, 0.05) is 11.6 Å². The Morgan fingerprint density at radius 2 is 2.04 bits per heavy atom. The number of nitrogens with zero attached hydrogens (tertiary/aromatic N) is 1. The minimum Gasteiger partial charge on any atom is -0.452 e. The predicted octanol–water partition coefficient (Wildman–Crippen LogP) is 3.25. The van der Waals surface area contributed by atoms with Crippen LogP contribution in [0.15, 0.2) is 42.5 Å². The van der Waals surface area contributed by atoms with Crippen LogP contribution in [0.5, 0.6) is 0 Å². The zero-order chi connectivity index (χ0) is 19.4. The van der Waals surface area contributed by atoms with Crippen LogP contribution in [0, 0.1) is 17.0 Å². The van der Waals surface area contributed by atoms with Crippen LogP contribution in [0.25, 0.3) is 0 Å². The maximum Gasteiger partial charge on any atom is 0.338 e. The highest BCUT2D eigenvalue weighted by Gasteiger charge is 2.22. The topological polar surface area (TPSA) is 98.5 Å². The van der Waals surface area contributed by atoms with E-state index in [1.54, 1.807) is 6.92 Å². The van der Waals surface area contributed by atoms with Crippen LogP contribution < -0.4 is 5.32 Å². The lowest BCUT2D eigenvalue weighted by atomic mass is 9.88. The van der Waals surface area contributed by atoms with E-state index in [-0.39, 0.29) is 17.3 Å². The van der Waals surface area contributed by atoms with E-state index in [9.17, 15) is 19.7 Å². The molecule has 0 heterocycles. The maximum atomic E-state index is 12.2. The first-order chi connectivity index (χ1) is 13.0. The molecule has 7 heteroatoms. The van der Waals surface area contributed by atoms with Crippen molar-refractivity contribution in [3.63, 3.8) is 0 Å². The molecule has 0 radical (unpaired) electrons. The van der Waals surface area contributed by atoms with Gasteiger partial charge in [0.05, 0.1) is 16.5 Å². The summed E-state index contributed by atoms with van der Waals surface area (Å²) in [5, 5.41) is 13.9. The minimum atomic E-state index is -0.766. The Balaban J connectivity index is 1.59. The number of nitro groups is 1. The highest BCUT2D eigenvalue weighted by molar-refractivity contribution is 5.92. The third-order valence-electron chi connectivity index (χ3n) is 4.68. The van der Waals surface area contributed by atoms with Crippen LogP contribution >= 0.6 is 0 Å². The number of ether oxygens (including phenoxy) is 1. The maximum absolute atomic E-state index is 12.2. The van der Waals surface area contributed by atoms with Crippen molar-refractivity contribution in [1.82, 2.24) is 5.32 Å². The number of rotatable bonds is 5. The van der Waals surface area contributed by atoms with Crippen molar-refractivity contribution in [1.29, 1.82) is 0 Å². The van der Waals surface area contributed by atoms with Crippen molar-refractivity contribution < 1.29 is 19.2 Å². The second-order valence-electron chi connectivity index (χ2n) is 6.55. The molecular weight excluding hydrogens is 348 g/mol. The van der Waals surface area contributed by atoms with E-state index in [4.69, 9.17) is 4.74 Å². The Morgan fingerprint density at radius 1 is 1.26 bits per heavy atom. The highest BCUT2D eigenvalue weighted by atomic mass is 16.6. The second kappa shape index (κ2) is 7.99. The fraction of sp³-hybridized carbons (Fsp3) is 0.300. The zero-order valence-electron chi connectivity index (χ0n) is 14.9. The van der Waals surface area contributed by atoms with Gasteiger partial charge in [-0.3, -0.25) is 14.9 Å². The third-order valence-corrected chi connectivity index (χ3v) is 4.68. The molecule has 140 valence electrons. The molecule has 0 unspecified atom stereocenters. The number of nitrogens with one attached hydrogen (secondary N) is 1. The number of fused-ring (bicyclic) bond motifs is 1. The summed E-state index contributed by atoms with van der Waals surface area (Å²) in [4.78, 5) is 34.7. The Hall–Kier alpha value is -3.22. The van der Waals surface area contributed by atoms with Crippen molar-refractivity contribution >= 4 is 17.6 Å². The second-order valence-corrected chi connectivity index (χ2v) is 6.55. The summed E-state index contributed by atoms with van der Waals surface area (Å²) in [6, 6.07) is 12.0. The van der Waals surface area contributed by atoms with Crippen molar-refractivity contribution in [2.75, 3.05) is 6.61 Å². The van der Waals surface area contributed by atoms with Gasteiger partial charge in [-0.2, -0.15) is 0 Å². The number of nitro benzene ring substituents is 1. The van der Waals surface area contributed by atoms with E-state index < -0.39 is 23.4 Å². The fourth-order valence-corrected chi connectivity index (χ4v) is 3.29. The van der Waals surface area contributed by atoms with E-state index in [1.165, 1.54) is 17.7 Å². The minimum absolute atomic E-state index is 0.0445. The lowest BCUT2D eigenvalue weighted by Gasteiger charge is -2.26. The zero-order valence-corrected chi connectivity index (χ0v) is 14.9. The molecule has 1 aliphatic rings. The van der Waals surface area contributed by atoms with Crippen LogP contribution in [-0.2, 0) is 16.0 Å². The van der Waals surface area contributed by atoms with Crippen molar-refractivity contribution in [2.45, 2.75) is 32.2 Å². The Kier molecular flexibility index (Phi) is 5.49. The van der Waals surface area contributed by atoms with Crippen molar-refractivity contribution in [3.8, 4) is 0 Å². The molecule has 0 bridgehead atoms. The molecular formula is C20H20N2O5. The quantitative estimate of drug-likeness (QED) is 0.496. The summed E-state index contributed by atoms with van der Waals surface area (Å²) in [5.74, 6) is -1.16. The van der Waals surface area contributed by atoms with Gasteiger partial charge in [-0.15, -0.1) is 0 Å². The van der Waals surface area contributed by atoms with E-state index >= 15 is 0 Å². The molecule has 0 aliphatic heterocycles. The summed E-state index contributed by atoms with van der Waals surface area (Å²) in [6.07, 6.45) is 2.80. The number of hydrogen-bond donors (Lipinski definition) is 1. The van der Waals surface area contributed by atoms with Gasteiger partial charge in [0.1, 0.15) is 0 Å². The molecule has 0 fully saturated rings. The molecule has 1 atom stereocenters. The van der Waals surface area contributed by atoms with Gasteiger partial charge in [-0.05, 0) is 43.4 Å². The molecule has 2 aromatic rings. The predicted molar refractivity (Wildman–Crippen MR) is 98.4 cm³/mol.